The smallest absolute Gasteiger partial charge is 0.332 e. The largest absolute Gasteiger partial charge is 0.394 e. The van der Waals surface area contributed by atoms with E-state index in [0.717, 1.165) is 18.4 Å². The molecule has 0 unspecified atom stereocenters. The van der Waals surface area contributed by atoms with Gasteiger partial charge in [-0.25, -0.2) is 9.18 Å². The van der Waals surface area contributed by atoms with Crippen LogP contribution in [0.3, 0.4) is 0 Å². The molecule has 150 valence electrons. The molecule has 1 aliphatic carbocycles. The van der Waals surface area contributed by atoms with Gasteiger partial charge < -0.3 is 10.4 Å². The number of nitrogens with one attached hydrogen (secondary N) is 2. The van der Waals surface area contributed by atoms with Crippen molar-refractivity contribution in [3.8, 4) is 0 Å². The van der Waals surface area contributed by atoms with Gasteiger partial charge in [0, 0.05) is 13.1 Å². The summed E-state index contributed by atoms with van der Waals surface area (Å²) in [5.41, 5.74) is 2.50. The molecule has 0 aliphatic heterocycles. The molecule has 3 rings (SSSR count). The number of halogens is 1. The highest BCUT2D eigenvalue weighted by atomic mass is 19.1. The van der Waals surface area contributed by atoms with Crippen molar-refractivity contribution in [2.75, 3.05) is 18.5 Å². The maximum atomic E-state index is 14.3. The molecule has 1 fully saturated rings. The van der Waals surface area contributed by atoms with Crippen LogP contribution in [0.25, 0.3) is 5.70 Å². The van der Waals surface area contributed by atoms with Crippen molar-refractivity contribution in [2.45, 2.75) is 25.8 Å². The Morgan fingerprint density at radius 2 is 2.11 bits per heavy atom. The van der Waals surface area contributed by atoms with E-state index >= 15 is 0 Å². The minimum absolute atomic E-state index is 0.0169. The van der Waals surface area contributed by atoms with Gasteiger partial charge >= 0.3 is 5.69 Å². The zero-order valence-corrected chi connectivity index (χ0v) is 15.8. The Labute approximate surface area is 160 Å². The van der Waals surface area contributed by atoms with Crippen molar-refractivity contribution in [3.05, 3.63) is 62.6 Å². The van der Waals surface area contributed by atoms with Gasteiger partial charge in [0.15, 0.2) is 0 Å². The SMILES string of the molecule is C=C(NOCCO)c1c(Nc2ccc(C)cc2F)n(C)c(=O)n(C2CC2)c1=O. The quantitative estimate of drug-likeness (QED) is 0.468. The third kappa shape index (κ3) is 3.85. The second kappa shape index (κ2) is 7.99. The van der Waals surface area contributed by atoms with Gasteiger partial charge in [-0.2, -0.15) is 0 Å². The highest BCUT2D eigenvalue weighted by Gasteiger charge is 2.31. The van der Waals surface area contributed by atoms with Crippen molar-refractivity contribution in [1.82, 2.24) is 14.6 Å². The molecule has 28 heavy (non-hydrogen) atoms. The molecular weight excluding hydrogens is 367 g/mol. The number of aromatic nitrogens is 2. The summed E-state index contributed by atoms with van der Waals surface area (Å²) in [7, 11) is 1.50. The molecule has 0 atom stereocenters. The van der Waals surface area contributed by atoms with Crippen LogP contribution in [0, 0.1) is 12.7 Å². The summed E-state index contributed by atoms with van der Waals surface area (Å²) in [5.74, 6) is -0.417. The Hall–Kier alpha value is -2.91. The predicted octanol–water partition coefficient (Wildman–Crippen LogP) is 1.56. The van der Waals surface area contributed by atoms with Crippen LogP contribution in [-0.4, -0.2) is 27.5 Å². The van der Waals surface area contributed by atoms with Crippen molar-refractivity contribution < 1.29 is 14.3 Å². The lowest BCUT2D eigenvalue weighted by Crippen LogP contribution is -2.42. The third-order valence-electron chi connectivity index (χ3n) is 4.48. The number of aliphatic hydroxyl groups is 1. The Bertz CT molecular complexity index is 1020. The summed E-state index contributed by atoms with van der Waals surface area (Å²) >= 11 is 0. The molecular formula is C19H23FN4O4. The Kier molecular flexibility index (Phi) is 5.66. The second-order valence-electron chi connectivity index (χ2n) is 6.73. The van der Waals surface area contributed by atoms with E-state index in [2.05, 4.69) is 17.4 Å². The minimum atomic E-state index is -0.536. The van der Waals surface area contributed by atoms with Crippen molar-refractivity contribution in [2.24, 2.45) is 7.05 Å². The fraction of sp³-hybridized carbons (Fsp3) is 0.368. The number of hydroxylamine groups is 1. The van der Waals surface area contributed by atoms with E-state index < -0.39 is 17.1 Å². The van der Waals surface area contributed by atoms with Gasteiger partial charge in [0.1, 0.15) is 17.2 Å². The highest BCUT2D eigenvalue weighted by molar-refractivity contribution is 5.74. The number of nitrogens with zero attached hydrogens (tertiary/aromatic N) is 2. The first-order valence-corrected chi connectivity index (χ1v) is 8.91. The molecule has 0 radical (unpaired) electrons. The monoisotopic (exact) mass is 390 g/mol. The van der Waals surface area contributed by atoms with Crippen molar-refractivity contribution in [3.63, 3.8) is 0 Å². The summed E-state index contributed by atoms with van der Waals surface area (Å²) < 4.78 is 16.8. The van der Waals surface area contributed by atoms with E-state index in [-0.39, 0.29) is 42.0 Å². The molecule has 1 aliphatic rings. The molecule has 1 aromatic carbocycles. The summed E-state index contributed by atoms with van der Waals surface area (Å²) in [5, 5.41) is 11.7. The van der Waals surface area contributed by atoms with Crippen LogP contribution >= 0.6 is 0 Å². The molecule has 0 bridgehead atoms. The van der Waals surface area contributed by atoms with Crippen molar-refractivity contribution >= 4 is 17.2 Å². The van der Waals surface area contributed by atoms with Crippen LogP contribution in [0.5, 0.6) is 0 Å². The van der Waals surface area contributed by atoms with E-state index in [4.69, 9.17) is 9.94 Å². The molecule has 1 saturated carbocycles. The third-order valence-corrected chi connectivity index (χ3v) is 4.48. The van der Waals surface area contributed by atoms with Gasteiger partial charge in [0.25, 0.3) is 5.56 Å². The first-order valence-electron chi connectivity index (χ1n) is 8.91. The summed E-state index contributed by atoms with van der Waals surface area (Å²) in [6.07, 6.45) is 1.49. The summed E-state index contributed by atoms with van der Waals surface area (Å²) in [6, 6.07) is 4.44. The molecule has 2 aromatic rings. The molecule has 1 heterocycles. The maximum absolute atomic E-state index is 14.3. The fourth-order valence-corrected chi connectivity index (χ4v) is 2.89. The van der Waals surface area contributed by atoms with Gasteiger partial charge in [0.2, 0.25) is 0 Å². The van der Waals surface area contributed by atoms with Gasteiger partial charge in [-0.05, 0) is 37.5 Å². The number of hydrogen-bond donors (Lipinski definition) is 3. The standard InChI is InChI=1S/C19H23FN4O4/c1-11-4-7-15(14(20)10-11)21-17-16(12(2)22-28-9-8-25)18(26)24(13-5-6-13)19(27)23(17)3/h4,7,10,13,21-22,25H,2,5-6,8-9H2,1,3H3. The van der Waals surface area contributed by atoms with Gasteiger partial charge in [-0.3, -0.25) is 24.2 Å². The minimum Gasteiger partial charge on any atom is -0.394 e. The van der Waals surface area contributed by atoms with E-state index in [1.807, 2.05) is 0 Å². The fourth-order valence-electron chi connectivity index (χ4n) is 2.89. The molecule has 0 amide bonds. The Morgan fingerprint density at radius 1 is 1.39 bits per heavy atom. The Morgan fingerprint density at radius 3 is 2.71 bits per heavy atom. The first kappa shape index (κ1) is 19.8. The van der Waals surface area contributed by atoms with E-state index in [1.165, 1.54) is 28.3 Å². The number of hydrogen-bond acceptors (Lipinski definition) is 6. The number of aryl methyl sites for hydroxylation is 1. The zero-order chi connectivity index (χ0) is 20.4. The normalized spacial score (nSPS) is 13.4. The lowest BCUT2D eigenvalue weighted by atomic mass is 10.2. The topological polar surface area (TPSA) is 97.5 Å². The predicted molar refractivity (Wildman–Crippen MR) is 104 cm³/mol. The Balaban J connectivity index is 2.12. The highest BCUT2D eigenvalue weighted by Crippen LogP contribution is 2.33. The molecule has 0 spiro atoms. The lowest BCUT2D eigenvalue weighted by molar-refractivity contribution is 0.0481. The number of anilines is 2. The van der Waals surface area contributed by atoms with Crippen LogP contribution in [0.15, 0.2) is 34.4 Å². The summed E-state index contributed by atoms with van der Waals surface area (Å²) in [6.45, 7) is 5.33. The van der Waals surface area contributed by atoms with Gasteiger partial charge in [0.05, 0.1) is 24.6 Å². The number of aliphatic hydroxyl groups excluding tert-OH is 1. The second-order valence-corrected chi connectivity index (χ2v) is 6.73. The number of rotatable bonds is 8. The molecule has 9 heteroatoms. The zero-order valence-electron chi connectivity index (χ0n) is 15.8. The van der Waals surface area contributed by atoms with E-state index in [0.29, 0.717) is 0 Å². The average Bonchev–Trinajstić information content (AvgIpc) is 3.47. The van der Waals surface area contributed by atoms with Crippen LogP contribution in [0.2, 0.25) is 0 Å². The van der Waals surface area contributed by atoms with Crippen LogP contribution in [0.1, 0.15) is 30.0 Å². The van der Waals surface area contributed by atoms with Gasteiger partial charge in [-0.1, -0.05) is 12.6 Å². The van der Waals surface area contributed by atoms with Crippen LogP contribution < -0.4 is 22.0 Å². The molecule has 1 aromatic heterocycles. The van der Waals surface area contributed by atoms with E-state index in [9.17, 15) is 14.0 Å². The maximum Gasteiger partial charge on any atom is 0.332 e. The van der Waals surface area contributed by atoms with Gasteiger partial charge in [-0.15, -0.1) is 0 Å². The molecule has 3 N–H and O–H groups in total. The number of benzene rings is 1. The van der Waals surface area contributed by atoms with Crippen LogP contribution in [-0.2, 0) is 11.9 Å². The van der Waals surface area contributed by atoms with E-state index in [1.54, 1.807) is 13.0 Å². The molecule has 8 nitrogen and oxygen atoms in total. The molecule has 0 saturated heterocycles. The van der Waals surface area contributed by atoms with Crippen molar-refractivity contribution in [1.29, 1.82) is 0 Å². The average molecular weight is 390 g/mol. The summed E-state index contributed by atoms with van der Waals surface area (Å²) in [4.78, 5) is 30.8. The first-order chi connectivity index (χ1) is 13.3. The lowest BCUT2D eigenvalue weighted by Gasteiger charge is -2.20. The van der Waals surface area contributed by atoms with Crippen LogP contribution in [0.4, 0.5) is 15.9 Å².